The van der Waals surface area contributed by atoms with Crippen molar-refractivity contribution in [3.63, 3.8) is 0 Å². The molecule has 1 aromatic heterocycles. The van der Waals surface area contributed by atoms with E-state index in [4.69, 9.17) is 0 Å². The molecule has 0 unspecified atom stereocenters. The van der Waals surface area contributed by atoms with E-state index in [1.165, 1.54) is 5.56 Å². The fourth-order valence-electron chi connectivity index (χ4n) is 3.54. The normalized spacial score (nSPS) is 13.6. The van der Waals surface area contributed by atoms with Crippen LogP contribution in [0.15, 0.2) is 58.9 Å². The van der Waals surface area contributed by atoms with Gasteiger partial charge in [-0.25, -0.2) is 18.1 Å². The van der Waals surface area contributed by atoms with Gasteiger partial charge in [0.2, 0.25) is 15.9 Å². The third kappa shape index (κ3) is 4.95. The van der Waals surface area contributed by atoms with Crippen LogP contribution in [-0.4, -0.2) is 25.9 Å². The molecule has 3 aromatic rings. The molecule has 0 atom stereocenters. The number of aryl methyl sites for hydroxylation is 2. The number of hydrogen-bond donors (Lipinski definition) is 2. The third-order valence-electron chi connectivity index (χ3n) is 5.12. The summed E-state index contributed by atoms with van der Waals surface area (Å²) in [5.41, 5.74) is 4.00. The zero-order valence-electron chi connectivity index (χ0n) is 16.4. The van der Waals surface area contributed by atoms with Crippen LogP contribution in [0.4, 0.5) is 5.69 Å². The molecule has 0 aliphatic heterocycles. The Bertz CT molecular complexity index is 1120. The van der Waals surface area contributed by atoms with E-state index in [0.29, 0.717) is 5.69 Å². The average Bonchev–Trinajstić information content (AvgIpc) is 3.29. The molecule has 8 heteroatoms. The lowest BCUT2D eigenvalue weighted by Crippen LogP contribution is -2.28. The lowest BCUT2D eigenvalue weighted by molar-refractivity contribution is -0.116. The van der Waals surface area contributed by atoms with Crippen LogP contribution in [0.25, 0.3) is 10.6 Å². The van der Waals surface area contributed by atoms with Crippen LogP contribution in [-0.2, 0) is 27.7 Å². The Kier molecular flexibility index (Phi) is 6.26. The number of fused-ring (bicyclic) bond motifs is 1. The SMILES string of the molecule is O=C(CCNS(=O)(=O)c1ccc2c(c1)CCCC2)Nc1ccc(-c2nccs2)cc1. The number of sulfonamides is 1. The van der Waals surface area contributed by atoms with E-state index in [0.717, 1.165) is 41.8 Å². The van der Waals surface area contributed by atoms with Gasteiger partial charge in [-0.1, -0.05) is 6.07 Å². The molecule has 30 heavy (non-hydrogen) atoms. The largest absolute Gasteiger partial charge is 0.326 e. The second-order valence-corrected chi connectivity index (χ2v) is 9.91. The van der Waals surface area contributed by atoms with Crippen molar-refractivity contribution < 1.29 is 13.2 Å². The molecular formula is C22H23N3O3S2. The number of amides is 1. The highest BCUT2D eigenvalue weighted by molar-refractivity contribution is 7.89. The van der Waals surface area contributed by atoms with Crippen molar-refractivity contribution in [2.75, 3.05) is 11.9 Å². The molecule has 1 aliphatic rings. The molecule has 156 valence electrons. The first-order valence-corrected chi connectivity index (χ1v) is 12.3. The minimum atomic E-state index is -3.63. The van der Waals surface area contributed by atoms with Crippen molar-refractivity contribution in [1.82, 2.24) is 9.71 Å². The van der Waals surface area contributed by atoms with Gasteiger partial charge < -0.3 is 5.32 Å². The van der Waals surface area contributed by atoms with Crippen LogP contribution in [0.1, 0.15) is 30.4 Å². The van der Waals surface area contributed by atoms with E-state index < -0.39 is 10.0 Å². The fourth-order valence-corrected chi connectivity index (χ4v) is 5.27. The van der Waals surface area contributed by atoms with Crippen molar-refractivity contribution >= 4 is 33.0 Å². The van der Waals surface area contributed by atoms with E-state index >= 15 is 0 Å². The predicted molar refractivity (Wildman–Crippen MR) is 119 cm³/mol. The Morgan fingerprint density at radius 3 is 2.53 bits per heavy atom. The van der Waals surface area contributed by atoms with E-state index in [9.17, 15) is 13.2 Å². The van der Waals surface area contributed by atoms with Gasteiger partial charge in [0, 0.05) is 35.8 Å². The zero-order valence-corrected chi connectivity index (χ0v) is 18.1. The Hall–Kier alpha value is -2.55. The van der Waals surface area contributed by atoms with Crippen molar-refractivity contribution in [2.45, 2.75) is 37.0 Å². The molecule has 1 aliphatic carbocycles. The maximum atomic E-state index is 12.6. The van der Waals surface area contributed by atoms with E-state index in [1.807, 2.05) is 35.7 Å². The van der Waals surface area contributed by atoms with Gasteiger partial charge >= 0.3 is 0 Å². The van der Waals surface area contributed by atoms with Gasteiger partial charge in [0.15, 0.2) is 0 Å². The van der Waals surface area contributed by atoms with E-state index in [2.05, 4.69) is 15.0 Å². The molecular weight excluding hydrogens is 418 g/mol. The van der Waals surface area contributed by atoms with Gasteiger partial charge in [-0.15, -0.1) is 11.3 Å². The first kappa shape index (κ1) is 20.7. The molecule has 1 heterocycles. The zero-order chi connectivity index (χ0) is 21.0. The smallest absolute Gasteiger partial charge is 0.240 e. The standard InChI is InChI=1S/C22H23N3O3S2/c26-21(25-19-8-5-17(6-9-19)22-23-13-14-29-22)11-12-24-30(27,28)20-10-7-16-3-1-2-4-18(16)15-20/h5-10,13-15,24H,1-4,11-12H2,(H,25,26). The predicted octanol–water partition coefficient (Wildman–Crippen LogP) is 4.00. The topological polar surface area (TPSA) is 88.2 Å². The number of carbonyl (C=O) groups is 1. The quantitative estimate of drug-likeness (QED) is 0.580. The number of benzene rings is 2. The Labute approximate surface area is 180 Å². The highest BCUT2D eigenvalue weighted by Crippen LogP contribution is 2.24. The molecule has 0 radical (unpaired) electrons. The molecule has 0 spiro atoms. The summed E-state index contributed by atoms with van der Waals surface area (Å²) >= 11 is 1.55. The van der Waals surface area contributed by atoms with Gasteiger partial charge in [0.25, 0.3) is 0 Å². The molecule has 0 bridgehead atoms. The van der Waals surface area contributed by atoms with Crippen LogP contribution >= 0.6 is 11.3 Å². The monoisotopic (exact) mass is 441 g/mol. The molecule has 0 saturated heterocycles. The number of anilines is 1. The molecule has 4 rings (SSSR count). The summed E-state index contributed by atoms with van der Waals surface area (Å²) in [4.78, 5) is 16.7. The third-order valence-corrected chi connectivity index (χ3v) is 7.40. The summed E-state index contributed by atoms with van der Waals surface area (Å²) in [6, 6.07) is 12.7. The Morgan fingerprint density at radius 1 is 1.03 bits per heavy atom. The number of hydrogen-bond acceptors (Lipinski definition) is 5. The van der Waals surface area contributed by atoms with Crippen molar-refractivity contribution in [2.24, 2.45) is 0 Å². The van der Waals surface area contributed by atoms with Crippen molar-refractivity contribution in [1.29, 1.82) is 0 Å². The summed E-state index contributed by atoms with van der Waals surface area (Å²) in [6.45, 7) is 0.0441. The van der Waals surface area contributed by atoms with Gasteiger partial charge in [0.05, 0.1) is 4.90 Å². The van der Waals surface area contributed by atoms with Crippen LogP contribution in [0.3, 0.4) is 0 Å². The van der Waals surface area contributed by atoms with Crippen molar-refractivity contribution in [3.8, 4) is 10.6 Å². The highest BCUT2D eigenvalue weighted by atomic mass is 32.2. The summed E-state index contributed by atoms with van der Waals surface area (Å²) in [5.74, 6) is -0.245. The molecule has 6 nitrogen and oxygen atoms in total. The number of nitrogens with one attached hydrogen (secondary N) is 2. The number of rotatable bonds is 7. The fraction of sp³-hybridized carbons (Fsp3) is 0.273. The van der Waals surface area contributed by atoms with Gasteiger partial charge in [0.1, 0.15) is 5.01 Å². The van der Waals surface area contributed by atoms with E-state index in [-0.39, 0.29) is 23.8 Å². The number of nitrogens with zero attached hydrogens (tertiary/aromatic N) is 1. The number of thiazole rings is 1. The number of aromatic nitrogens is 1. The molecule has 1 amide bonds. The van der Waals surface area contributed by atoms with Crippen LogP contribution < -0.4 is 10.0 Å². The first-order chi connectivity index (χ1) is 14.5. The maximum absolute atomic E-state index is 12.6. The Morgan fingerprint density at radius 2 is 1.80 bits per heavy atom. The van der Waals surface area contributed by atoms with Gasteiger partial charge in [-0.2, -0.15) is 0 Å². The minimum absolute atomic E-state index is 0.0441. The van der Waals surface area contributed by atoms with Gasteiger partial charge in [-0.3, -0.25) is 4.79 Å². The number of carbonyl (C=O) groups excluding carboxylic acids is 1. The average molecular weight is 442 g/mol. The highest BCUT2D eigenvalue weighted by Gasteiger charge is 2.18. The summed E-state index contributed by atoms with van der Waals surface area (Å²) < 4.78 is 27.7. The summed E-state index contributed by atoms with van der Waals surface area (Å²) in [7, 11) is -3.63. The van der Waals surface area contributed by atoms with Gasteiger partial charge in [-0.05, 0) is 73.2 Å². The van der Waals surface area contributed by atoms with Crippen LogP contribution in [0.5, 0.6) is 0 Å². The van der Waals surface area contributed by atoms with E-state index in [1.54, 1.807) is 29.7 Å². The summed E-state index contributed by atoms with van der Waals surface area (Å²) in [5, 5.41) is 5.62. The lowest BCUT2D eigenvalue weighted by atomic mass is 9.92. The molecule has 2 aromatic carbocycles. The first-order valence-electron chi connectivity index (χ1n) is 9.92. The second-order valence-electron chi connectivity index (χ2n) is 7.25. The van der Waals surface area contributed by atoms with Crippen LogP contribution in [0, 0.1) is 0 Å². The van der Waals surface area contributed by atoms with Crippen LogP contribution in [0.2, 0.25) is 0 Å². The second kappa shape index (κ2) is 9.07. The molecule has 0 saturated carbocycles. The summed E-state index contributed by atoms with van der Waals surface area (Å²) in [6.07, 6.45) is 5.98. The maximum Gasteiger partial charge on any atom is 0.240 e. The Balaban J connectivity index is 1.29. The molecule has 0 fully saturated rings. The lowest BCUT2D eigenvalue weighted by Gasteiger charge is -2.16. The minimum Gasteiger partial charge on any atom is -0.326 e. The van der Waals surface area contributed by atoms with Crippen molar-refractivity contribution in [3.05, 3.63) is 65.2 Å². The molecule has 2 N–H and O–H groups in total.